The molecule has 0 spiro atoms. The van der Waals surface area contributed by atoms with Crippen molar-refractivity contribution in [2.24, 2.45) is 5.92 Å². The van der Waals surface area contributed by atoms with Crippen LogP contribution >= 0.6 is 0 Å². The summed E-state index contributed by atoms with van der Waals surface area (Å²) >= 11 is 0. The van der Waals surface area contributed by atoms with Crippen LogP contribution in [0.4, 0.5) is 0 Å². The van der Waals surface area contributed by atoms with Crippen LogP contribution in [0.1, 0.15) is 58.3 Å². The second-order valence-electron chi connectivity index (χ2n) is 6.31. The summed E-state index contributed by atoms with van der Waals surface area (Å²) < 4.78 is 0. The largest absolute Gasteiger partial charge is 0.343 e. The van der Waals surface area contributed by atoms with E-state index in [1.165, 1.54) is 4.90 Å². The first kappa shape index (κ1) is 16.0. The van der Waals surface area contributed by atoms with Crippen molar-refractivity contribution in [1.29, 1.82) is 0 Å². The van der Waals surface area contributed by atoms with Crippen LogP contribution in [-0.2, 0) is 14.4 Å². The number of carbonyl (C=O) groups excluding carboxylic acids is 3. The first-order valence-corrected chi connectivity index (χ1v) is 8.19. The van der Waals surface area contributed by atoms with Gasteiger partial charge in [0.2, 0.25) is 17.7 Å². The van der Waals surface area contributed by atoms with Gasteiger partial charge in [-0.2, -0.15) is 0 Å². The summed E-state index contributed by atoms with van der Waals surface area (Å²) in [5.41, 5.74) is 0. The number of rotatable bonds is 6. The molecule has 0 unspecified atom stereocenters. The molecule has 0 radical (unpaired) electrons. The van der Waals surface area contributed by atoms with Crippen LogP contribution < -0.4 is 0 Å². The number of likely N-dealkylation sites (tertiary alicyclic amines) is 2. The minimum absolute atomic E-state index is 0.0430. The molecule has 0 aromatic heterocycles. The lowest BCUT2D eigenvalue weighted by molar-refractivity contribution is -0.138. The predicted molar refractivity (Wildman–Crippen MR) is 79.4 cm³/mol. The van der Waals surface area contributed by atoms with Crippen molar-refractivity contribution in [3.63, 3.8) is 0 Å². The molecule has 2 heterocycles. The third-order valence-electron chi connectivity index (χ3n) is 4.56. The summed E-state index contributed by atoms with van der Waals surface area (Å²) in [4.78, 5) is 38.3. The molecule has 0 saturated carbocycles. The topological polar surface area (TPSA) is 57.7 Å². The van der Waals surface area contributed by atoms with Gasteiger partial charge in [-0.1, -0.05) is 13.3 Å². The van der Waals surface area contributed by atoms with E-state index < -0.39 is 0 Å². The molecular formula is C16H26N2O3. The molecule has 2 saturated heterocycles. The van der Waals surface area contributed by atoms with E-state index in [0.29, 0.717) is 25.8 Å². The van der Waals surface area contributed by atoms with Gasteiger partial charge in [-0.25, -0.2) is 0 Å². The monoisotopic (exact) mass is 294 g/mol. The Balaban J connectivity index is 1.56. The highest BCUT2D eigenvalue weighted by Crippen LogP contribution is 2.18. The van der Waals surface area contributed by atoms with E-state index >= 15 is 0 Å². The van der Waals surface area contributed by atoms with Crippen molar-refractivity contribution in [3.05, 3.63) is 0 Å². The van der Waals surface area contributed by atoms with Gasteiger partial charge in [0.15, 0.2) is 0 Å². The van der Waals surface area contributed by atoms with Crippen molar-refractivity contribution < 1.29 is 14.4 Å². The fourth-order valence-corrected chi connectivity index (χ4v) is 3.01. The summed E-state index contributed by atoms with van der Waals surface area (Å²) in [6.07, 6.45) is 6.11. The molecule has 0 aromatic rings. The average Bonchev–Trinajstić information content (AvgIpc) is 2.79. The molecule has 21 heavy (non-hydrogen) atoms. The zero-order valence-corrected chi connectivity index (χ0v) is 13.0. The lowest BCUT2D eigenvalue weighted by Gasteiger charge is -2.30. The van der Waals surface area contributed by atoms with Crippen LogP contribution in [0.25, 0.3) is 0 Å². The number of hydrogen-bond acceptors (Lipinski definition) is 3. The number of unbranched alkanes of at least 4 members (excludes halogenated alkanes) is 2. The lowest BCUT2D eigenvalue weighted by atomic mass is 9.99. The Morgan fingerprint density at radius 1 is 1.05 bits per heavy atom. The standard InChI is InChI=1S/C16H26N2O3/c1-13-8-11-17(12-9-13)14(19)5-3-2-4-10-18-15(20)6-7-16(18)21/h13H,2-12H2,1H3. The molecule has 5 heteroatoms. The maximum Gasteiger partial charge on any atom is 0.229 e. The Kier molecular flexibility index (Phi) is 5.76. The molecular weight excluding hydrogens is 268 g/mol. The summed E-state index contributed by atoms with van der Waals surface area (Å²) in [6, 6.07) is 0. The Bertz CT molecular complexity index is 384. The molecule has 5 nitrogen and oxygen atoms in total. The van der Waals surface area contributed by atoms with E-state index in [1.807, 2.05) is 4.90 Å². The third kappa shape index (κ3) is 4.55. The number of piperidine rings is 1. The van der Waals surface area contributed by atoms with E-state index in [0.717, 1.165) is 51.1 Å². The molecule has 0 aliphatic carbocycles. The molecule has 0 bridgehead atoms. The van der Waals surface area contributed by atoms with Gasteiger partial charge in [0.1, 0.15) is 0 Å². The highest BCUT2D eigenvalue weighted by atomic mass is 16.2. The second kappa shape index (κ2) is 7.57. The van der Waals surface area contributed by atoms with Crippen LogP contribution in [0.3, 0.4) is 0 Å². The zero-order chi connectivity index (χ0) is 15.2. The highest BCUT2D eigenvalue weighted by Gasteiger charge is 2.27. The molecule has 3 amide bonds. The Labute approximate surface area is 126 Å². The van der Waals surface area contributed by atoms with Crippen molar-refractivity contribution >= 4 is 17.7 Å². The summed E-state index contributed by atoms with van der Waals surface area (Å²) in [7, 11) is 0. The minimum atomic E-state index is -0.0430. The predicted octanol–water partition coefficient (Wildman–Crippen LogP) is 1.95. The van der Waals surface area contributed by atoms with Gasteiger partial charge < -0.3 is 4.90 Å². The maximum atomic E-state index is 12.0. The van der Waals surface area contributed by atoms with Gasteiger partial charge in [0.05, 0.1) is 0 Å². The van der Waals surface area contributed by atoms with Crippen LogP contribution in [0.2, 0.25) is 0 Å². The summed E-state index contributed by atoms with van der Waals surface area (Å²) in [5, 5.41) is 0. The summed E-state index contributed by atoms with van der Waals surface area (Å²) in [5.74, 6) is 0.914. The first-order chi connectivity index (χ1) is 10.1. The van der Waals surface area contributed by atoms with Gasteiger partial charge >= 0.3 is 0 Å². The Morgan fingerprint density at radius 3 is 2.29 bits per heavy atom. The highest BCUT2D eigenvalue weighted by molar-refractivity contribution is 6.01. The van der Waals surface area contributed by atoms with Crippen LogP contribution in [0.15, 0.2) is 0 Å². The number of hydrogen-bond donors (Lipinski definition) is 0. The molecule has 0 aromatic carbocycles. The lowest BCUT2D eigenvalue weighted by Crippen LogP contribution is -2.37. The molecule has 2 aliphatic rings. The molecule has 118 valence electrons. The van der Waals surface area contributed by atoms with E-state index in [4.69, 9.17) is 0 Å². The minimum Gasteiger partial charge on any atom is -0.343 e. The van der Waals surface area contributed by atoms with E-state index in [2.05, 4.69) is 6.92 Å². The third-order valence-corrected chi connectivity index (χ3v) is 4.56. The molecule has 2 rings (SSSR count). The quantitative estimate of drug-likeness (QED) is 0.556. The molecule has 0 atom stereocenters. The van der Waals surface area contributed by atoms with Gasteiger partial charge in [-0.15, -0.1) is 0 Å². The van der Waals surface area contributed by atoms with Crippen molar-refractivity contribution in [1.82, 2.24) is 9.80 Å². The Morgan fingerprint density at radius 2 is 1.67 bits per heavy atom. The molecule has 2 fully saturated rings. The van der Waals surface area contributed by atoms with Crippen molar-refractivity contribution in [2.75, 3.05) is 19.6 Å². The van der Waals surface area contributed by atoms with Crippen LogP contribution in [-0.4, -0.2) is 47.2 Å². The normalized spacial score (nSPS) is 20.4. The number of nitrogens with zero attached hydrogens (tertiary/aromatic N) is 2. The van der Waals surface area contributed by atoms with Gasteiger partial charge in [0, 0.05) is 38.9 Å². The van der Waals surface area contributed by atoms with Crippen LogP contribution in [0.5, 0.6) is 0 Å². The van der Waals surface area contributed by atoms with Crippen molar-refractivity contribution in [3.8, 4) is 0 Å². The number of imide groups is 1. The maximum absolute atomic E-state index is 12.0. The number of amides is 3. The van der Waals surface area contributed by atoms with Gasteiger partial charge in [-0.3, -0.25) is 19.3 Å². The zero-order valence-electron chi connectivity index (χ0n) is 13.0. The average molecular weight is 294 g/mol. The van der Waals surface area contributed by atoms with Crippen LogP contribution in [0, 0.1) is 5.92 Å². The fraction of sp³-hybridized carbons (Fsp3) is 0.812. The van der Waals surface area contributed by atoms with E-state index in [9.17, 15) is 14.4 Å². The van der Waals surface area contributed by atoms with E-state index in [-0.39, 0.29) is 17.7 Å². The molecule has 0 N–H and O–H groups in total. The smallest absolute Gasteiger partial charge is 0.229 e. The summed E-state index contributed by atoms with van der Waals surface area (Å²) in [6.45, 7) is 4.56. The Hall–Kier alpha value is -1.39. The fourth-order valence-electron chi connectivity index (χ4n) is 3.01. The van der Waals surface area contributed by atoms with Gasteiger partial charge in [-0.05, 0) is 31.6 Å². The molecule has 2 aliphatic heterocycles. The number of carbonyl (C=O) groups is 3. The second-order valence-corrected chi connectivity index (χ2v) is 6.31. The van der Waals surface area contributed by atoms with Crippen molar-refractivity contribution in [2.45, 2.75) is 58.3 Å². The SMILES string of the molecule is CC1CCN(C(=O)CCCCCN2C(=O)CCC2=O)CC1. The first-order valence-electron chi connectivity index (χ1n) is 8.19. The van der Waals surface area contributed by atoms with E-state index in [1.54, 1.807) is 0 Å². The van der Waals surface area contributed by atoms with Gasteiger partial charge in [0.25, 0.3) is 0 Å².